The minimum absolute atomic E-state index is 0.0835. The van der Waals surface area contributed by atoms with Gasteiger partial charge in [0.1, 0.15) is 23.2 Å². The number of urea groups is 1. The Morgan fingerprint density at radius 2 is 1.74 bits per heavy atom. The van der Waals surface area contributed by atoms with Crippen molar-refractivity contribution in [1.29, 1.82) is 10.8 Å². The molecule has 0 radical (unpaired) electrons. The van der Waals surface area contributed by atoms with E-state index >= 15 is 0 Å². The summed E-state index contributed by atoms with van der Waals surface area (Å²) in [6, 6.07) is 20.6. The number of hydrogen-bond acceptors (Lipinski definition) is 6. The van der Waals surface area contributed by atoms with Gasteiger partial charge in [0, 0.05) is 24.6 Å². The van der Waals surface area contributed by atoms with Crippen LogP contribution < -0.4 is 20.9 Å². The van der Waals surface area contributed by atoms with Gasteiger partial charge in [0.05, 0.1) is 30.2 Å². The molecule has 1 unspecified atom stereocenters. The topological polar surface area (TPSA) is 144 Å². The van der Waals surface area contributed by atoms with Crippen LogP contribution in [0.15, 0.2) is 72.9 Å². The number of carbonyl (C=O) groups is 1. The van der Waals surface area contributed by atoms with Crippen molar-refractivity contribution >= 4 is 17.8 Å². The van der Waals surface area contributed by atoms with Gasteiger partial charge in [-0.25, -0.2) is 9.48 Å². The van der Waals surface area contributed by atoms with Gasteiger partial charge in [-0.3, -0.25) is 20.7 Å². The lowest BCUT2D eigenvalue weighted by Crippen LogP contribution is -2.42. The van der Waals surface area contributed by atoms with Gasteiger partial charge in [0.15, 0.2) is 0 Å². The summed E-state index contributed by atoms with van der Waals surface area (Å²) in [5, 5.41) is 38.1. The van der Waals surface area contributed by atoms with Crippen molar-refractivity contribution in [2.75, 3.05) is 25.0 Å². The summed E-state index contributed by atoms with van der Waals surface area (Å²) >= 11 is 0. The summed E-state index contributed by atoms with van der Waals surface area (Å²) in [5.41, 5.74) is 4.22. The van der Waals surface area contributed by atoms with Crippen LogP contribution >= 0.6 is 0 Å². The molecule has 1 aliphatic heterocycles. The van der Waals surface area contributed by atoms with Crippen LogP contribution in [0.5, 0.6) is 5.75 Å². The number of aliphatic hydroxyl groups excluding tert-OH is 1. The molecule has 2 aliphatic rings. The molecule has 2 amide bonds. The number of rotatable bonds is 7. The molecule has 11 nitrogen and oxygen atoms in total. The maximum atomic E-state index is 13.5. The Morgan fingerprint density at radius 3 is 2.47 bits per heavy atom. The normalized spacial score (nSPS) is 17.9. The van der Waals surface area contributed by atoms with Gasteiger partial charge in [-0.05, 0) is 74.4 Å². The van der Waals surface area contributed by atoms with Gasteiger partial charge in [0.25, 0.3) is 0 Å². The van der Waals surface area contributed by atoms with E-state index in [1.807, 2.05) is 80.3 Å². The molecule has 3 heterocycles. The summed E-state index contributed by atoms with van der Waals surface area (Å²) in [4.78, 5) is 15.5. The molecule has 6 rings (SSSR count). The minimum Gasteiger partial charge on any atom is -0.484 e. The number of aryl methyl sites for hydroxylation is 1. The second kappa shape index (κ2) is 13.4. The van der Waals surface area contributed by atoms with Crippen molar-refractivity contribution in [1.82, 2.24) is 24.6 Å². The smallest absolute Gasteiger partial charge is 0.320 e. The van der Waals surface area contributed by atoms with Gasteiger partial charge in [-0.15, -0.1) is 0 Å². The van der Waals surface area contributed by atoms with E-state index in [1.54, 1.807) is 27.6 Å². The molecule has 2 aromatic carbocycles. The number of ether oxygens (including phenoxy) is 1. The number of benzene rings is 2. The summed E-state index contributed by atoms with van der Waals surface area (Å²) in [5.74, 6) is 1.40. The Morgan fingerprint density at radius 1 is 1.02 bits per heavy atom. The Balaban J connectivity index is 1.19. The number of likely N-dealkylation sites (tertiary alicyclic amines) is 1. The van der Waals surface area contributed by atoms with Crippen molar-refractivity contribution in [2.45, 2.75) is 70.4 Å². The zero-order valence-electron chi connectivity index (χ0n) is 27.3. The monoisotopic (exact) mass is 636 g/mol. The zero-order chi connectivity index (χ0) is 33.1. The standard InChI is InChI=1S/C36H44N8O3/c1-24-11-13-25(14-12-24)44-33(21-31(41-44)36(2,3)23-45)40-35(46)39-29-16-17-30(28-10-6-5-9-27(28)29)47-26-15-18-32(37)43(22-26)34(38)42-19-7-4-8-20-42/h5-6,9-15,18,21-22,29-30,37-38,45H,4,7-8,16-17,19-20,23H2,1-3H3,(H2,39,40,46)/t29-,30?/m0/s1. The van der Waals surface area contributed by atoms with Crippen LogP contribution in [-0.2, 0) is 5.41 Å². The second-order valence-corrected chi connectivity index (χ2v) is 13.2. The Labute approximate surface area is 275 Å². The van der Waals surface area contributed by atoms with Gasteiger partial charge in [0.2, 0.25) is 5.96 Å². The van der Waals surface area contributed by atoms with E-state index in [1.165, 1.54) is 6.42 Å². The van der Waals surface area contributed by atoms with E-state index in [0.29, 0.717) is 36.1 Å². The van der Waals surface area contributed by atoms with Crippen LogP contribution in [0.4, 0.5) is 10.6 Å². The fourth-order valence-corrected chi connectivity index (χ4v) is 6.25. The maximum Gasteiger partial charge on any atom is 0.320 e. The van der Waals surface area contributed by atoms with Crippen LogP contribution in [0.3, 0.4) is 0 Å². The molecule has 4 aromatic rings. The fourth-order valence-electron chi connectivity index (χ4n) is 6.25. The molecule has 2 aromatic heterocycles. The first-order chi connectivity index (χ1) is 22.6. The average Bonchev–Trinajstić information content (AvgIpc) is 3.51. The Bertz CT molecular complexity index is 1800. The molecule has 2 atom stereocenters. The molecule has 0 bridgehead atoms. The van der Waals surface area contributed by atoms with Gasteiger partial charge in [-0.1, -0.05) is 55.8 Å². The highest BCUT2D eigenvalue weighted by molar-refractivity contribution is 5.89. The van der Waals surface area contributed by atoms with Crippen LogP contribution in [0.25, 0.3) is 5.69 Å². The molecular weight excluding hydrogens is 592 g/mol. The number of nitrogens with zero attached hydrogens (tertiary/aromatic N) is 4. The molecule has 1 fully saturated rings. The van der Waals surface area contributed by atoms with E-state index in [9.17, 15) is 9.90 Å². The first-order valence-corrected chi connectivity index (χ1v) is 16.4. The van der Waals surface area contributed by atoms with E-state index < -0.39 is 5.41 Å². The van der Waals surface area contributed by atoms with Gasteiger partial charge >= 0.3 is 6.03 Å². The number of hydrogen-bond donors (Lipinski definition) is 5. The van der Waals surface area contributed by atoms with E-state index in [4.69, 9.17) is 20.7 Å². The van der Waals surface area contributed by atoms with Crippen molar-refractivity contribution < 1.29 is 14.6 Å². The quantitative estimate of drug-likeness (QED) is 0.129. The summed E-state index contributed by atoms with van der Waals surface area (Å²) < 4.78 is 9.78. The number of piperidine rings is 1. The molecular formula is C36H44N8O3. The number of fused-ring (bicyclic) bond motifs is 1. The SMILES string of the molecule is Cc1ccc(-n2nc(C(C)(C)CO)cc2NC(=O)N[C@H]2CCC(Oc3ccc(=N)n(C(=N)N4CCCCC4)c3)c3ccccc32)cc1. The number of amides is 2. The highest BCUT2D eigenvalue weighted by Crippen LogP contribution is 2.39. The summed E-state index contributed by atoms with van der Waals surface area (Å²) in [6.07, 6.45) is 6.11. The van der Waals surface area contributed by atoms with Crippen molar-refractivity contribution in [2.24, 2.45) is 0 Å². The number of pyridine rings is 1. The van der Waals surface area contributed by atoms with E-state index in [2.05, 4.69) is 10.6 Å². The van der Waals surface area contributed by atoms with Crippen molar-refractivity contribution in [3.63, 3.8) is 0 Å². The maximum absolute atomic E-state index is 13.5. The average molecular weight is 637 g/mol. The third kappa shape index (κ3) is 6.95. The van der Waals surface area contributed by atoms with Crippen molar-refractivity contribution in [3.8, 4) is 11.4 Å². The molecule has 0 spiro atoms. The van der Waals surface area contributed by atoms with Crippen LogP contribution in [-0.4, -0.2) is 56.0 Å². The Kier molecular flexibility index (Phi) is 9.17. The van der Waals surface area contributed by atoms with Gasteiger partial charge in [-0.2, -0.15) is 5.10 Å². The Hall–Kier alpha value is -4.90. The van der Waals surface area contributed by atoms with Crippen LogP contribution in [0, 0.1) is 17.7 Å². The lowest BCUT2D eigenvalue weighted by molar-refractivity contribution is 0.171. The highest BCUT2D eigenvalue weighted by atomic mass is 16.5. The van der Waals surface area contributed by atoms with Crippen molar-refractivity contribution in [3.05, 3.63) is 101 Å². The number of aromatic nitrogens is 3. The molecule has 246 valence electrons. The number of anilines is 1. The predicted octanol–water partition coefficient (Wildman–Crippen LogP) is 5.78. The third-order valence-corrected chi connectivity index (χ3v) is 9.14. The largest absolute Gasteiger partial charge is 0.484 e. The van der Waals surface area contributed by atoms with Gasteiger partial charge < -0.3 is 20.1 Å². The minimum atomic E-state index is -0.589. The van der Waals surface area contributed by atoms with Crippen LogP contribution in [0.1, 0.15) is 80.5 Å². The molecule has 1 saturated heterocycles. The number of carbonyl (C=O) groups excluding carboxylic acids is 1. The predicted molar refractivity (Wildman–Crippen MR) is 181 cm³/mol. The van der Waals surface area contributed by atoms with E-state index in [0.717, 1.165) is 48.3 Å². The second-order valence-electron chi connectivity index (χ2n) is 13.2. The first-order valence-electron chi connectivity index (χ1n) is 16.4. The first kappa shape index (κ1) is 32.1. The lowest BCUT2D eigenvalue weighted by atomic mass is 9.85. The summed E-state index contributed by atoms with van der Waals surface area (Å²) in [6.45, 7) is 7.41. The van der Waals surface area contributed by atoms with Crippen LogP contribution in [0.2, 0.25) is 0 Å². The molecule has 0 saturated carbocycles. The number of nitrogens with one attached hydrogen (secondary N) is 4. The lowest BCUT2D eigenvalue weighted by Gasteiger charge is -2.33. The summed E-state index contributed by atoms with van der Waals surface area (Å²) in [7, 11) is 0. The van der Waals surface area contributed by atoms with E-state index in [-0.39, 0.29) is 30.3 Å². The molecule has 1 aliphatic carbocycles. The highest BCUT2D eigenvalue weighted by Gasteiger charge is 2.31. The molecule has 11 heteroatoms. The third-order valence-electron chi connectivity index (χ3n) is 9.14. The molecule has 5 N–H and O–H groups in total. The number of aliphatic hydroxyl groups is 1. The zero-order valence-corrected chi connectivity index (χ0v) is 27.3. The fraction of sp³-hybridized carbons (Fsp3) is 0.389. The molecule has 47 heavy (non-hydrogen) atoms.